The molecule has 2 aromatic heterocycles. The Morgan fingerprint density at radius 1 is 1.00 bits per heavy atom. The average molecular weight is 436 g/mol. The zero-order valence-electron chi connectivity index (χ0n) is 17.8. The number of methoxy groups -OCH3 is 1. The number of phenols is 1. The molecule has 6 rings (SSSR count). The minimum atomic E-state index is -0.259. The summed E-state index contributed by atoms with van der Waals surface area (Å²) in [6.07, 6.45) is 2.23. The van der Waals surface area contributed by atoms with Gasteiger partial charge in [0.2, 0.25) is 5.88 Å². The fourth-order valence-electron chi connectivity index (χ4n) is 4.43. The maximum Gasteiger partial charge on any atom is 0.228 e. The van der Waals surface area contributed by atoms with Gasteiger partial charge in [0.15, 0.2) is 11.5 Å². The van der Waals surface area contributed by atoms with Crippen LogP contribution in [0.15, 0.2) is 79.1 Å². The van der Waals surface area contributed by atoms with Crippen LogP contribution in [0.1, 0.15) is 34.0 Å². The molecule has 0 radical (unpaired) electrons. The number of aromatic hydroxyl groups is 1. The second-order valence-electron chi connectivity index (χ2n) is 7.92. The van der Waals surface area contributed by atoms with Crippen molar-refractivity contribution >= 4 is 5.65 Å². The van der Waals surface area contributed by atoms with Crippen molar-refractivity contribution < 1.29 is 14.6 Å². The first-order valence-corrected chi connectivity index (χ1v) is 10.6. The minimum absolute atomic E-state index is 0.129. The molecule has 33 heavy (non-hydrogen) atoms. The molecule has 0 saturated heterocycles. The molecule has 3 aromatic carbocycles. The molecule has 0 aliphatic carbocycles. The largest absolute Gasteiger partial charge is 0.508 e. The number of nitrogens with zero attached hydrogens (tertiary/aromatic N) is 4. The fourth-order valence-corrected chi connectivity index (χ4v) is 4.43. The third kappa shape index (κ3) is 3.25. The molecular formula is C26H20N4O3. The summed E-state index contributed by atoms with van der Waals surface area (Å²) < 4.78 is 13.5. The van der Waals surface area contributed by atoms with Gasteiger partial charge >= 0.3 is 0 Å². The standard InChI is InChI=1S/C26H20N4O3/c1-32-20-10-6-5-9-18(20)23-19-12-11-17(31)14-21(19)33-26-24(23)25-28-22(29-30(25)15-27-26)13-16-7-3-2-4-8-16/h2-12,14-15,23,31H,13H2,1H3/t23-/m1/s1. The van der Waals surface area contributed by atoms with Crippen molar-refractivity contribution in [1.29, 1.82) is 0 Å². The van der Waals surface area contributed by atoms with Crippen LogP contribution in [0, 0.1) is 0 Å². The van der Waals surface area contributed by atoms with Gasteiger partial charge in [0.25, 0.3) is 0 Å². The molecule has 3 heterocycles. The summed E-state index contributed by atoms with van der Waals surface area (Å²) >= 11 is 0. The lowest BCUT2D eigenvalue weighted by atomic mass is 9.83. The Morgan fingerprint density at radius 3 is 2.67 bits per heavy atom. The highest BCUT2D eigenvalue weighted by Gasteiger charge is 2.35. The van der Waals surface area contributed by atoms with Crippen LogP contribution in [0.5, 0.6) is 23.1 Å². The van der Waals surface area contributed by atoms with Crippen LogP contribution in [0.3, 0.4) is 0 Å². The zero-order chi connectivity index (χ0) is 22.4. The van der Waals surface area contributed by atoms with Gasteiger partial charge in [-0.15, -0.1) is 5.10 Å². The normalized spacial score (nSPS) is 14.4. The van der Waals surface area contributed by atoms with Gasteiger partial charge in [-0.2, -0.15) is 0 Å². The maximum absolute atomic E-state index is 10.1. The van der Waals surface area contributed by atoms with Crippen LogP contribution in [0.2, 0.25) is 0 Å². The van der Waals surface area contributed by atoms with Crippen molar-refractivity contribution in [1.82, 2.24) is 19.6 Å². The molecule has 0 spiro atoms. The Labute approximate surface area is 189 Å². The van der Waals surface area contributed by atoms with Crippen molar-refractivity contribution in [3.8, 4) is 23.1 Å². The first kappa shape index (κ1) is 19.3. The number of phenolic OH excluding ortho intramolecular Hbond substituents is 1. The van der Waals surface area contributed by atoms with E-state index >= 15 is 0 Å². The van der Waals surface area contributed by atoms with Crippen LogP contribution in [-0.2, 0) is 6.42 Å². The predicted octanol–water partition coefficient (Wildman–Crippen LogP) is 4.72. The molecule has 1 aliphatic heterocycles. The lowest BCUT2D eigenvalue weighted by molar-refractivity contribution is 0.401. The summed E-state index contributed by atoms with van der Waals surface area (Å²) in [4.78, 5) is 9.43. The number of hydrogen-bond donors (Lipinski definition) is 1. The molecule has 0 amide bonds. The van der Waals surface area contributed by atoms with E-state index in [1.165, 1.54) is 0 Å². The number of fused-ring (bicyclic) bond motifs is 4. The third-order valence-corrected chi connectivity index (χ3v) is 5.89. The summed E-state index contributed by atoms with van der Waals surface area (Å²) in [6, 6.07) is 23.1. The molecule has 0 fully saturated rings. The van der Waals surface area contributed by atoms with E-state index in [4.69, 9.17) is 14.5 Å². The first-order valence-electron chi connectivity index (χ1n) is 10.6. The maximum atomic E-state index is 10.1. The van der Waals surface area contributed by atoms with E-state index in [1.807, 2.05) is 48.5 Å². The van der Waals surface area contributed by atoms with E-state index in [0.29, 0.717) is 29.5 Å². The number of benzene rings is 3. The second-order valence-corrected chi connectivity index (χ2v) is 7.92. The van der Waals surface area contributed by atoms with Gasteiger partial charge in [-0.05, 0) is 17.7 Å². The highest BCUT2D eigenvalue weighted by molar-refractivity contribution is 5.67. The Kier molecular flexibility index (Phi) is 4.47. The van der Waals surface area contributed by atoms with Gasteiger partial charge in [-0.3, -0.25) is 0 Å². The SMILES string of the molecule is COc1ccccc1[C@@H]1c2ccc(O)cc2Oc2ncn3nc(Cc4ccccc4)nc3c21. The van der Waals surface area contributed by atoms with Crippen molar-refractivity contribution in [2.45, 2.75) is 12.3 Å². The Balaban J connectivity index is 1.57. The topological polar surface area (TPSA) is 81.8 Å². The molecule has 1 aliphatic rings. The van der Waals surface area contributed by atoms with E-state index < -0.39 is 0 Å². The molecule has 7 nitrogen and oxygen atoms in total. The zero-order valence-corrected chi connectivity index (χ0v) is 17.8. The Morgan fingerprint density at radius 2 is 1.82 bits per heavy atom. The van der Waals surface area contributed by atoms with Crippen LogP contribution in [0.25, 0.3) is 5.65 Å². The van der Waals surface area contributed by atoms with Gasteiger partial charge in [0.1, 0.15) is 23.6 Å². The number of rotatable bonds is 4. The lowest BCUT2D eigenvalue weighted by Gasteiger charge is -2.28. The Hall–Kier alpha value is -4.39. The predicted molar refractivity (Wildman–Crippen MR) is 122 cm³/mol. The number of ether oxygens (including phenoxy) is 2. The molecule has 0 bridgehead atoms. The number of hydrogen-bond acceptors (Lipinski definition) is 6. The summed E-state index contributed by atoms with van der Waals surface area (Å²) in [5.41, 5.74) is 4.48. The highest BCUT2D eigenvalue weighted by Crippen LogP contribution is 2.50. The van der Waals surface area contributed by atoms with Crippen molar-refractivity contribution in [2.75, 3.05) is 7.11 Å². The molecule has 0 saturated carbocycles. The smallest absolute Gasteiger partial charge is 0.228 e. The second kappa shape index (κ2) is 7.63. The summed E-state index contributed by atoms with van der Waals surface area (Å²) in [6.45, 7) is 0. The fraction of sp³-hybridized carbons (Fsp3) is 0.115. The average Bonchev–Trinajstić information content (AvgIpc) is 3.25. The molecule has 5 aromatic rings. The summed E-state index contributed by atoms with van der Waals surface area (Å²) in [5, 5.41) is 14.7. The molecule has 162 valence electrons. The molecule has 7 heteroatoms. The van der Waals surface area contributed by atoms with E-state index in [-0.39, 0.29) is 11.7 Å². The van der Waals surface area contributed by atoms with Crippen LogP contribution in [0.4, 0.5) is 0 Å². The summed E-state index contributed by atoms with van der Waals surface area (Å²) in [7, 11) is 1.66. The van der Waals surface area contributed by atoms with Crippen LogP contribution in [-0.4, -0.2) is 31.8 Å². The quantitative estimate of drug-likeness (QED) is 0.431. The van der Waals surface area contributed by atoms with Crippen LogP contribution >= 0.6 is 0 Å². The van der Waals surface area contributed by atoms with Gasteiger partial charge in [0, 0.05) is 23.6 Å². The first-order chi connectivity index (χ1) is 16.2. The molecule has 1 atom stereocenters. The molecular weight excluding hydrogens is 416 g/mol. The Bertz CT molecular complexity index is 1480. The number of aromatic nitrogens is 4. The minimum Gasteiger partial charge on any atom is -0.508 e. The van der Waals surface area contributed by atoms with Gasteiger partial charge in [-0.1, -0.05) is 54.6 Å². The lowest BCUT2D eigenvalue weighted by Crippen LogP contribution is -2.15. The van der Waals surface area contributed by atoms with E-state index in [9.17, 15) is 5.11 Å². The van der Waals surface area contributed by atoms with Crippen molar-refractivity contribution in [3.05, 3.63) is 107 Å². The van der Waals surface area contributed by atoms with Gasteiger partial charge in [-0.25, -0.2) is 14.5 Å². The summed E-state index contributed by atoms with van der Waals surface area (Å²) in [5.74, 6) is 2.32. The van der Waals surface area contributed by atoms with E-state index in [1.54, 1.807) is 30.1 Å². The van der Waals surface area contributed by atoms with Crippen molar-refractivity contribution in [3.63, 3.8) is 0 Å². The molecule has 1 N–H and O–H groups in total. The van der Waals surface area contributed by atoms with Gasteiger partial charge < -0.3 is 14.6 Å². The molecule has 0 unspecified atom stereocenters. The van der Waals surface area contributed by atoms with Crippen LogP contribution < -0.4 is 9.47 Å². The highest BCUT2D eigenvalue weighted by atomic mass is 16.5. The van der Waals surface area contributed by atoms with Gasteiger partial charge in [0.05, 0.1) is 18.6 Å². The monoisotopic (exact) mass is 436 g/mol. The number of para-hydroxylation sites is 1. The van der Waals surface area contributed by atoms with E-state index in [2.05, 4.69) is 22.2 Å². The third-order valence-electron chi connectivity index (χ3n) is 5.89. The van der Waals surface area contributed by atoms with E-state index in [0.717, 1.165) is 28.0 Å². The van der Waals surface area contributed by atoms with Crippen molar-refractivity contribution in [2.24, 2.45) is 0 Å².